The van der Waals surface area contributed by atoms with Gasteiger partial charge in [0.15, 0.2) is 5.82 Å². The normalized spacial score (nSPS) is 18.5. The molecule has 2 atom stereocenters. The number of aryl methyl sites for hydroxylation is 2. The molecule has 2 aromatic heterocycles. The number of amides is 1. The van der Waals surface area contributed by atoms with E-state index in [0.29, 0.717) is 28.8 Å². The van der Waals surface area contributed by atoms with Crippen LogP contribution in [0.15, 0.2) is 30.6 Å². The van der Waals surface area contributed by atoms with E-state index in [1.165, 1.54) is 12.1 Å². The quantitative estimate of drug-likeness (QED) is 0.740. The van der Waals surface area contributed by atoms with Crippen molar-refractivity contribution in [3.63, 3.8) is 0 Å². The molecule has 0 unspecified atom stereocenters. The van der Waals surface area contributed by atoms with E-state index in [4.69, 9.17) is 4.74 Å². The monoisotopic (exact) mass is 372 g/mol. The second-order valence-corrected chi connectivity index (χ2v) is 6.59. The number of rotatable bonds is 5. The summed E-state index contributed by atoms with van der Waals surface area (Å²) in [6.45, 7) is 1.90. The molecule has 1 N–H and O–H groups in total. The minimum atomic E-state index is -1.10. The Kier molecular flexibility index (Phi) is 4.25. The summed E-state index contributed by atoms with van der Waals surface area (Å²) >= 11 is 0. The molecular formula is C19H18F2N4O2. The van der Waals surface area contributed by atoms with E-state index < -0.39 is 18.0 Å². The summed E-state index contributed by atoms with van der Waals surface area (Å²) in [6, 6.07) is 5.96. The van der Waals surface area contributed by atoms with Crippen LogP contribution < -0.4 is 10.1 Å². The average Bonchev–Trinajstić information content (AvgIpc) is 3.27. The van der Waals surface area contributed by atoms with Crippen LogP contribution >= 0.6 is 0 Å². The number of hydrogen-bond donors (Lipinski definition) is 1. The number of anilines is 1. The Balaban J connectivity index is 1.71. The van der Waals surface area contributed by atoms with Crippen LogP contribution in [0.2, 0.25) is 0 Å². The number of ether oxygens (including phenoxy) is 1. The highest BCUT2D eigenvalue weighted by Gasteiger charge is 2.44. The molecule has 8 heteroatoms. The zero-order valence-electron chi connectivity index (χ0n) is 14.9. The van der Waals surface area contributed by atoms with E-state index >= 15 is 0 Å². The molecule has 0 saturated heterocycles. The molecule has 0 radical (unpaired) electrons. The van der Waals surface area contributed by atoms with Crippen molar-refractivity contribution in [2.45, 2.75) is 25.9 Å². The number of carbonyl (C=O) groups excluding carboxylic acids is 1. The first-order valence-corrected chi connectivity index (χ1v) is 8.69. The van der Waals surface area contributed by atoms with Crippen LogP contribution in [0.5, 0.6) is 11.6 Å². The Morgan fingerprint density at radius 1 is 1.41 bits per heavy atom. The second kappa shape index (κ2) is 6.61. The highest BCUT2D eigenvalue weighted by atomic mass is 19.1. The van der Waals surface area contributed by atoms with Crippen LogP contribution in [0.3, 0.4) is 0 Å². The van der Waals surface area contributed by atoms with Crippen molar-refractivity contribution in [2.75, 3.05) is 5.32 Å². The van der Waals surface area contributed by atoms with E-state index in [2.05, 4.69) is 15.3 Å². The van der Waals surface area contributed by atoms with Crippen molar-refractivity contribution in [1.29, 1.82) is 0 Å². The molecule has 1 saturated carbocycles. The first kappa shape index (κ1) is 17.4. The molecule has 140 valence electrons. The fourth-order valence-electron chi connectivity index (χ4n) is 2.93. The molecule has 3 aromatic rings. The zero-order chi connectivity index (χ0) is 19.1. The Labute approximate surface area is 154 Å². The number of benzene rings is 1. The van der Waals surface area contributed by atoms with Gasteiger partial charge in [0.2, 0.25) is 11.8 Å². The van der Waals surface area contributed by atoms with Crippen molar-refractivity contribution in [1.82, 2.24) is 14.5 Å². The van der Waals surface area contributed by atoms with Crippen molar-refractivity contribution >= 4 is 22.8 Å². The molecule has 0 aliphatic heterocycles. The van der Waals surface area contributed by atoms with E-state index in [1.54, 1.807) is 30.1 Å². The number of nitrogens with one attached hydrogen (secondary N) is 1. The van der Waals surface area contributed by atoms with E-state index in [1.807, 2.05) is 6.92 Å². The van der Waals surface area contributed by atoms with Crippen LogP contribution in [-0.4, -0.2) is 26.6 Å². The van der Waals surface area contributed by atoms with E-state index in [-0.39, 0.29) is 23.9 Å². The van der Waals surface area contributed by atoms with Gasteiger partial charge in [-0.2, -0.15) is 4.98 Å². The highest BCUT2D eigenvalue weighted by molar-refractivity contribution is 6.00. The van der Waals surface area contributed by atoms with Gasteiger partial charge in [-0.1, -0.05) is 6.92 Å². The number of pyridine rings is 1. The predicted octanol–water partition coefficient (Wildman–Crippen LogP) is 3.76. The fourth-order valence-corrected chi connectivity index (χ4v) is 2.93. The van der Waals surface area contributed by atoms with Gasteiger partial charge in [0, 0.05) is 13.1 Å². The number of hydrogen-bond acceptors (Lipinski definition) is 4. The molecular weight excluding hydrogens is 354 g/mol. The van der Waals surface area contributed by atoms with Gasteiger partial charge < -0.3 is 14.6 Å². The van der Waals surface area contributed by atoms with Crippen LogP contribution in [0.4, 0.5) is 14.6 Å². The first-order valence-electron chi connectivity index (χ1n) is 8.69. The van der Waals surface area contributed by atoms with Crippen molar-refractivity contribution in [3.8, 4) is 11.6 Å². The number of halogens is 2. The lowest BCUT2D eigenvalue weighted by molar-refractivity contribution is -0.117. The molecule has 1 aliphatic carbocycles. The average molecular weight is 372 g/mol. The lowest BCUT2D eigenvalue weighted by atomic mass is 10.1. The van der Waals surface area contributed by atoms with Gasteiger partial charge in [-0.15, -0.1) is 0 Å². The number of fused-ring (bicyclic) bond motifs is 1. The summed E-state index contributed by atoms with van der Waals surface area (Å²) in [4.78, 5) is 20.7. The summed E-state index contributed by atoms with van der Waals surface area (Å²) in [6.07, 6.45) is 1.30. The van der Waals surface area contributed by atoms with Crippen LogP contribution in [0.25, 0.3) is 11.0 Å². The molecule has 0 spiro atoms. The molecule has 1 aliphatic rings. The smallest absolute Gasteiger partial charge is 0.231 e. The van der Waals surface area contributed by atoms with Gasteiger partial charge in [0.1, 0.15) is 23.3 Å². The molecule has 4 rings (SSSR count). The summed E-state index contributed by atoms with van der Waals surface area (Å²) in [5, 5.41) is 2.65. The van der Waals surface area contributed by atoms with Crippen LogP contribution in [0, 0.1) is 11.7 Å². The molecule has 2 heterocycles. The largest absolute Gasteiger partial charge is 0.439 e. The predicted molar refractivity (Wildman–Crippen MR) is 96.0 cm³/mol. The Hall–Kier alpha value is -3.03. The summed E-state index contributed by atoms with van der Waals surface area (Å²) in [5.41, 5.74) is 1.89. The lowest BCUT2D eigenvalue weighted by Gasteiger charge is -2.12. The maximum atomic E-state index is 13.5. The number of aromatic nitrogens is 3. The molecule has 27 heavy (non-hydrogen) atoms. The minimum Gasteiger partial charge on any atom is -0.439 e. The minimum absolute atomic E-state index is 0.215. The lowest BCUT2D eigenvalue weighted by Crippen LogP contribution is -2.16. The van der Waals surface area contributed by atoms with Gasteiger partial charge in [0.25, 0.3) is 0 Å². The van der Waals surface area contributed by atoms with Crippen LogP contribution in [0.1, 0.15) is 18.9 Å². The van der Waals surface area contributed by atoms with Crippen LogP contribution in [-0.2, 0) is 18.3 Å². The van der Waals surface area contributed by atoms with E-state index in [0.717, 1.165) is 0 Å². The molecule has 0 bridgehead atoms. The van der Waals surface area contributed by atoms with Gasteiger partial charge in [0.05, 0.1) is 17.8 Å². The van der Waals surface area contributed by atoms with Gasteiger partial charge in [-0.3, -0.25) is 4.79 Å². The van der Waals surface area contributed by atoms with Crippen molar-refractivity contribution in [3.05, 3.63) is 42.0 Å². The SMILES string of the molecule is CCc1cc(F)ccc1Oc1cc2c(ncn2C)c(NC(=O)[C@H]2C[C@H]2F)n1. The molecule has 1 aromatic carbocycles. The molecule has 1 amide bonds. The summed E-state index contributed by atoms with van der Waals surface area (Å²) in [7, 11) is 1.80. The van der Waals surface area contributed by atoms with Crippen molar-refractivity contribution in [2.24, 2.45) is 13.0 Å². The van der Waals surface area contributed by atoms with Crippen molar-refractivity contribution < 1.29 is 18.3 Å². The summed E-state index contributed by atoms with van der Waals surface area (Å²) < 4.78 is 34.3. The van der Waals surface area contributed by atoms with E-state index in [9.17, 15) is 13.6 Å². The second-order valence-electron chi connectivity index (χ2n) is 6.59. The third kappa shape index (κ3) is 3.34. The third-order valence-corrected chi connectivity index (χ3v) is 4.60. The van der Waals surface area contributed by atoms with Gasteiger partial charge >= 0.3 is 0 Å². The maximum absolute atomic E-state index is 13.5. The standard InChI is InChI=1S/C19H18F2N4O2/c1-3-10-6-11(20)4-5-15(10)27-16-8-14-17(22-9-25(14)2)18(23-16)24-19(26)12-7-13(12)21/h4-6,8-9,12-13H,3,7H2,1-2H3,(H,23,24,26)/t12-,13+/m0/s1. The fraction of sp³-hybridized carbons (Fsp3) is 0.316. The topological polar surface area (TPSA) is 69.0 Å². The number of imidazole rings is 1. The first-order chi connectivity index (χ1) is 13.0. The third-order valence-electron chi connectivity index (χ3n) is 4.60. The number of alkyl halides is 1. The molecule has 6 nitrogen and oxygen atoms in total. The zero-order valence-corrected chi connectivity index (χ0v) is 14.9. The molecule has 1 fully saturated rings. The Morgan fingerprint density at radius 2 is 2.19 bits per heavy atom. The number of nitrogens with zero attached hydrogens (tertiary/aromatic N) is 3. The maximum Gasteiger partial charge on any atom is 0.231 e. The Morgan fingerprint density at radius 3 is 2.89 bits per heavy atom. The Bertz CT molecular complexity index is 1030. The van der Waals surface area contributed by atoms with Gasteiger partial charge in [-0.25, -0.2) is 13.8 Å². The summed E-state index contributed by atoms with van der Waals surface area (Å²) in [5.74, 6) is -0.472. The van der Waals surface area contributed by atoms with Gasteiger partial charge in [-0.05, 0) is 36.6 Å². The highest BCUT2D eigenvalue weighted by Crippen LogP contribution is 2.36. The number of carbonyl (C=O) groups is 1.